The minimum atomic E-state index is -7.60. The highest BCUT2D eigenvalue weighted by Gasteiger charge is 2.83. The molecule has 0 radical (unpaired) electrons. The number of rotatable bonds is 8. The SMILES string of the molecule is C.C.CCC.NS(=O)(=O)C(F)(F)C(F)(F)C(F)(F)S(N)(=O)=O.O=S(=O)(F)C(F)(F)C(F)(F)C(F)(F)S(=O)(=O)F.[2H]P(F)(P)=S. The van der Waals surface area contributed by atoms with Crippen LogP contribution in [0.15, 0.2) is 0 Å². The van der Waals surface area contributed by atoms with Crippen molar-refractivity contribution in [3.8, 4) is 0 Å². The van der Waals surface area contributed by atoms with Gasteiger partial charge in [0.25, 0.3) is 20.0 Å². The molecule has 0 saturated heterocycles. The zero-order valence-corrected chi connectivity index (χ0v) is 25.0. The first-order valence-electron chi connectivity index (χ1n) is 8.67. The summed E-state index contributed by atoms with van der Waals surface area (Å²) in [6, 6.07) is 0. The van der Waals surface area contributed by atoms with Crippen molar-refractivity contribution in [1.82, 2.24) is 0 Å². The zero-order valence-electron chi connectivity index (χ0n) is 19.9. The molecule has 4 N–H and O–H groups in total. The van der Waals surface area contributed by atoms with Gasteiger partial charge in [-0.2, -0.15) is 69.5 Å². The van der Waals surface area contributed by atoms with Crippen LogP contribution in [0.3, 0.4) is 0 Å². The molecule has 10 nitrogen and oxygen atoms in total. The summed E-state index contributed by atoms with van der Waals surface area (Å²) < 4.78 is 267. The van der Waals surface area contributed by atoms with E-state index < -0.39 is 80.0 Å². The summed E-state index contributed by atoms with van der Waals surface area (Å²) in [5.74, 6) is -14.2. The second kappa shape index (κ2) is 17.1. The normalized spacial score (nSPS) is 15.6. The zero-order chi connectivity index (χ0) is 36.2. The molecule has 0 aromatic rings. The highest BCUT2D eigenvalue weighted by molar-refractivity contribution is 8.31. The number of nitrogens with two attached hydrogens (primary N) is 2. The van der Waals surface area contributed by atoms with Crippen molar-refractivity contribution in [2.75, 3.05) is 0 Å². The lowest BCUT2D eigenvalue weighted by atomic mass is 10.3. The van der Waals surface area contributed by atoms with Gasteiger partial charge in [-0.25, -0.2) is 31.3 Å². The Morgan fingerprint density at radius 1 is 0.628 bits per heavy atom. The van der Waals surface area contributed by atoms with Crippen molar-refractivity contribution in [2.24, 2.45) is 10.3 Å². The molecule has 0 amide bonds. The van der Waals surface area contributed by atoms with E-state index in [-0.39, 0.29) is 14.9 Å². The number of hydrogen-bond acceptors (Lipinski definition) is 9. The first-order valence-corrected chi connectivity index (χ1v) is 17.9. The second-order valence-electron chi connectivity index (χ2n) is 6.16. The molecule has 0 saturated carbocycles. The van der Waals surface area contributed by atoms with E-state index in [1.165, 1.54) is 6.42 Å². The van der Waals surface area contributed by atoms with Crippen molar-refractivity contribution in [3.63, 3.8) is 0 Å². The molecule has 2 atom stereocenters. The Morgan fingerprint density at radius 3 is 0.837 bits per heavy atom. The Morgan fingerprint density at radius 2 is 0.744 bits per heavy atom. The van der Waals surface area contributed by atoms with Gasteiger partial charge in [-0.05, 0) is 0 Å². The lowest BCUT2D eigenvalue weighted by Crippen LogP contribution is -2.63. The molecule has 0 aliphatic heterocycles. The van der Waals surface area contributed by atoms with Gasteiger partial charge in [-0.3, -0.25) is 0 Å². The average molecular weight is 820 g/mol. The van der Waals surface area contributed by atoms with Crippen LogP contribution in [0.5, 0.6) is 0 Å². The van der Waals surface area contributed by atoms with Gasteiger partial charge < -0.3 is 0 Å². The van der Waals surface area contributed by atoms with Gasteiger partial charge in [-0.15, -0.1) is 0 Å². The van der Waals surface area contributed by atoms with E-state index in [9.17, 15) is 98.3 Å². The fraction of sp³-hybridized carbons (Fsp3) is 1.00. The van der Waals surface area contributed by atoms with E-state index in [4.69, 9.17) is 1.28 Å². The highest BCUT2D eigenvalue weighted by Crippen LogP contribution is 2.52. The molecular formula is C11H23F15N2O8P2S5. The van der Waals surface area contributed by atoms with E-state index in [1.807, 2.05) is 0 Å². The largest absolute Gasteiger partial charge is 0.443 e. The molecule has 0 spiro atoms. The van der Waals surface area contributed by atoms with Crippen LogP contribution in [-0.4, -0.2) is 67.8 Å². The second-order valence-corrected chi connectivity index (χ2v) is 16.2. The standard InChI is InChI=1S/C3F8O4S2.C3H4F6N2O4S2.C3H8.2CH4.FH3P2S/c2*4-1(5,2(6,7)16(10,12)13)3(8,9)17(11,14)15;1-3-2;;;1-3(2)4/h;(H2,10,12,13)(H2,11,14,15);3H2,1-2H3;2*1H4;3H,2H2/i;;;;;3D. The van der Waals surface area contributed by atoms with Crippen molar-refractivity contribution in [1.29, 1.82) is 1.28 Å². The van der Waals surface area contributed by atoms with Gasteiger partial charge in [0.15, 0.2) is 0 Å². The average Bonchev–Trinajstić information content (AvgIpc) is 2.63. The van der Waals surface area contributed by atoms with Crippen molar-refractivity contribution in [3.05, 3.63) is 0 Å². The number of sulfonamides is 2. The lowest BCUT2D eigenvalue weighted by Gasteiger charge is -2.29. The highest BCUT2D eigenvalue weighted by atomic mass is 32.6. The monoisotopic (exact) mass is 819 g/mol. The molecule has 270 valence electrons. The molecule has 32 heteroatoms. The fourth-order valence-electron chi connectivity index (χ4n) is 1.00. The summed E-state index contributed by atoms with van der Waals surface area (Å²) in [5.41, 5.74) is 0. The summed E-state index contributed by atoms with van der Waals surface area (Å²) in [5, 5.41) is -20.1. The van der Waals surface area contributed by atoms with E-state index in [0.29, 0.717) is 0 Å². The van der Waals surface area contributed by atoms with Crippen LogP contribution in [0.2, 0.25) is 0 Å². The minimum Gasteiger partial charge on any atom is -0.223 e. The third-order valence-electron chi connectivity index (χ3n) is 2.79. The predicted octanol–water partition coefficient (Wildman–Crippen LogP) is 4.82. The Bertz CT molecular complexity index is 1210. The molecule has 0 fully saturated rings. The van der Waals surface area contributed by atoms with Crippen LogP contribution >= 0.6 is 15.6 Å². The Hall–Kier alpha value is -0.250. The molecule has 0 aromatic heterocycles. The van der Waals surface area contributed by atoms with Crippen molar-refractivity contribution in [2.45, 2.75) is 68.0 Å². The Labute approximate surface area is 245 Å². The molecule has 0 bridgehead atoms. The van der Waals surface area contributed by atoms with Gasteiger partial charge in [0, 0.05) is 0 Å². The number of halogens is 15. The fourth-order valence-corrected chi connectivity index (χ4v) is 2.97. The summed E-state index contributed by atoms with van der Waals surface area (Å²) in [6.45, 7) is 1.11. The van der Waals surface area contributed by atoms with Gasteiger partial charge >= 0.3 is 53.3 Å². The van der Waals surface area contributed by atoms with E-state index in [2.05, 4.69) is 35.9 Å². The van der Waals surface area contributed by atoms with E-state index in [1.54, 1.807) is 8.93 Å². The molecule has 43 heavy (non-hydrogen) atoms. The van der Waals surface area contributed by atoms with E-state index >= 15 is 0 Å². The van der Waals surface area contributed by atoms with Crippen LogP contribution in [-0.2, 0) is 52.3 Å². The van der Waals surface area contributed by atoms with Gasteiger partial charge in [0.1, 0.15) is 7.92 Å². The quantitative estimate of drug-likeness (QED) is 0.197. The van der Waals surface area contributed by atoms with Gasteiger partial charge in [0.05, 0.1) is 0 Å². The first-order chi connectivity index (χ1) is 17.4. The number of primary sulfonamides is 2. The topological polar surface area (TPSA) is 189 Å². The van der Waals surface area contributed by atoms with Gasteiger partial charge in [-0.1, -0.05) is 63.6 Å². The Kier molecular flexibility index (Phi) is 20.7. The Balaban J connectivity index is -0.000000127. The minimum absolute atomic E-state index is 0. The number of hydrogen-bond donors (Lipinski definition) is 2. The summed E-state index contributed by atoms with van der Waals surface area (Å²) in [6.07, 6.45) is 1.25. The molecule has 2 unspecified atom stereocenters. The van der Waals surface area contributed by atoms with Crippen LogP contribution < -0.4 is 10.3 Å². The summed E-state index contributed by atoms with van der Waals surface area (Å²) >= 11 is 3.90. The summed E-state index contributed by atoms with van der Waals surface area (Å²) in [7, 11) is -26.5. The van der Waals surface area contributed by atoms with Crippen LogP contribution in [0.4, 0.5) is 64.7 Å². The molecule has 0 aromatic carbocycles. The summed E-state index contributed by atoms with van der Waals surface area (Å²) in [4.78, 5) is 0. The predicted molar refractivity (Wildman–Crippen MR) is 132 cm³/mol. The maximum atomic E-state index is 12.6. The van der Waals surface area contributed by atoms with Crippen molar-refractivity contribution < 1.29 is 98.3 Å². The van der Waals surface area contributed by atoms with Gasteiger partial charge in [0.2, 0.25) is 0 Å². The van der Waals surface area contributed by atoms with E-state index in [0.717, 1.165) is 0 Å². The van der Waals surface area contributed by atoms with Crippen LogP contribution in [0.1, 0.15) is 35.1 Å². The van der Waals surface area contributed by atoms with Crippen LogP contribution in [0, 0.1) is 0 Å². The molecule has 0 aliphatic carbocycles. The third kappa shape index (κ3) is 12.8. The molecule has 0 rings (SSSR count). The third-order valence-corrected chi connectivity index (χ3v) is 6.47. The lowest BCUT2D eigenvalue weighted by molar-refractivity contribution is -0.246. The molecular weight excluding hydrogens is 795 g/mol. The first kappa shape index (κ1) is 52.3. The van der Waals surface area contributed by atoms with Crippen LogP contribution in [0.25, 0.3) is 0 Å². The smallest absolute Gasteiger partial charge is 0.223 e. The number of alkyl halides is 12. The maximum absolute atomic E-state index is 12.6. The maximum Gasteiger partial charge on any atom is 0.443 e. The molecule has 0 aliphatic rings. The molecule has 0 heterocycles. The van der Waals surface area contributed by atoms with Crippen molar-refractivity contribution >= 4 is 67.9 Å².